The average molecular weight is 276 g/mol. The third-order valence-electron chi connectivity index (χ3n) is 4.24. The normalized spacial score (nSPS) is 26.4. The van der Waals surface area contributed by atoms with E-state index in [-0.39, 0.29) is 5.91 Å². The van der Waals surface area contributed by atoms with E-state index in [1.54, 1.807) is 0 Å². The van der Waals surface area contributed by atoms with Gasteiger partial charge in [-0.3, -0.25) is 4.79 Å². The number of hydrogen-bond donors (Lipinski definition) is 2. The van der Waals surface area contributed by atoms with Crippen molar-refractivity contribution in [2.75, 3.05) is 0 Å². The first-order chi connectivity index (χ1) is 9.72. The van der Waals surface area contributed by atoms with Crippen LogP contribution in [0.2, 0.25) is 0 Å². The molecule has 1 aromatic heterocycles. The number of hydrogen-bond acceptors (Lipinski definition) is 3. The van der Waals surface area contributed by atoms with Crippen molar-refractivity contribution in [3.8, 4) is 0 Å². The number of piperidine rings is 1. The number of aryl methyl sites for hydroxylation is 1. The van der Waals surface area contributed by atoms with Gasteiger partial charge in [-0.15, -0.1) is 0 Å². The van der Waals surface area contributed by atoms with Crippen LogP contribution in [-0.4, -0.2) is 27.5 Å². The van der Waals surface area contributed by atoms with Crippen LogP contribution >= 0.6 is 0 Å². The zero-order chi connectivity index (χ0) is 13.9. The zero-order valence-corrected chi connectivity index (χ0v) is 12.1. The summed E-state index contributed by atoms with van der Waals surface area (Å²) in [5, 5.41) is 6.66. The highest BCUT2D eigenvalue weighted by Crippen LogP contribution is 2.25. The van der Waals surface area contributed by atoms with Crippen LogP contribution in [0.1, 0.15) is 57.2 Å². The molecule has 2 heterocycles. The Kier molecular flexibility index (Phi) is 4.05. The fraction of sp³-hybridized carbons (Fsp3) is 0.733. The van der Waals surface area contributed by atoms with E-state index >= 15 is 0 Å². The molecule has 0 spiro atoms. The molecule has 2 aliphatic rings. The van der Waals surface area contributed by atoms with Crippen LogP contribution in [0.3, 0.4) is 0 Å². The molecule has 5 nitrogen and oxygen atoms in total. The molecular formula is C15H24N4O. The average Bonchev–Trinajstić information content (AvgIpc) is 3.11. The summed E-state index contributed by atoms with van der Waals surface area (Å²) >= 11 is 0. The monoisotopic (exact) mass is 276 g/mol. The lowest BCUT2D eigenvalue weighted by atomic mass is 9.97. The summed E-state index contributed by atoms with van der Waals surface area (Å²) in [5.74, 6) is 0.164. The Morgan fingerprint density at radius 2 is 2.30 bits per heavy atom. The quantitative estimate of drug-likeness (QED) is 0.861. The maximum atomic E-state index is 11.8. The van der Waals surface area contributed by atoms with Crippen molar-refractivity contribution >= 4 is 5.91 Å². The summed E-state index contributed by atoms with van der Waals surface area (Å²) in [7, 11) is 0. The maximum Gasteiger partial charge on any atom is 0.222 e. The predicted molar refractivity (Wildman–Crippen MR) is 77.2 cm³/mol. The number of imidazole rings is 1. The third kappa shape index (κ3) is 3.39. The van der Waals surface area contributed by atoms with E-state index < -0.39 is 0 Å². The van der Waals surface area contributed by atoms with Gasteiger partial charge in [-0.1, -0.05) is 0 Å². The van der Waals surface area contributed by atoms with Crippen molar-refractivity contribution in [1.29, 1.82) is 0 Å². The van der Waals surface area contributed by atoms with Crippen LogP contribution in [0.15, 0.2) is 12.5 Å². The zero-order valence-electron chi connectivity index (χ0n) is 12.1. The molecule has 0 radical (unpaired) electrons. The van der Waals surface area contributed by atoms with E-state index in [9.17, 15) is 4.79 Å². The van der Waals surface area contributed by atoms with Gasteiger partial charge in [-0.2, -0.15) is 0 Å². The molecule has 1 aliphatic heterocycles. The highest BCUT2D eigenvalue weighted by atomic mass is 16.1. The van der Waals surface area contributed by atoms with Crippen LogP contribution in [0.4, 0.5) is 0 Å². The molecule has 2 unspecified atom stereocenters. The Bertz CT molecular complexity index is 466. The lowest BCUT2D eigenvalue weighted by Crippen LogP contribution is -2.35. The molecule has 5 heteroatoms. The fourth-order valence-electron chi connectivity index (χ4n) is 2.93. The van der Waals surface area contributed by atoms with Crippen LogP contribution in [-0.2, 0) is 11.3 Å². The molecule has 0 aromatic carbocycles. The Labute approximate surface area is 120 Å². The van der Waals surface area contributed by atoms with Gasteiger partial charge in [-0.05, 0) is 39.0 Å². The lowest BCUT2D eigenvalue weighted by molar-refractivity contribution is -0.121. The minimum Gasteiger partial charge on any atom is -0.353 e. The summed E-state index contributed by atoms with van der Waals surface area (Å²) in [6.07, 6.45) is 10.3. The van der Waals surface area contributed by atoms with Crippen LogP contribution in [0.5, 0.6) is 0 Å². The number of nitrogens with one attached hydrogen (secondary N) is 2. The van der Waals surface area contributed by atoms with E-state index in [4.69, 9.17) is 0 Å². The first-order valence-corrected chi connectivity index (χ1v) is 7.78. The fourth-order valence-corrected chi connectivity index (χ4v) is 2.93. The summed E-state index contributed by atoms with van der Waals surface area (Å²) < 4.78 is 2.13. The summed E-state index contributed by atoms with van der Waals surface area (Å²) in [5.41, 5.74) is 1.22. The smallest absolute Gasteiger partial charge is 0.222 e. The van der Waals surface area contributed by atoms with Crippen molar-refractivity contribution < 1.29 is 4.79 Å². The topological polar surface area (TPSA) is 59.0 Å². The molecule has 2 fully saturated rings. The maximum absolute atomic E-state index is 11.8. The molecule has 1 aromatic rings. The number of amides is 1. The van der Waals surface area contributed by atoms with E-state index in [2.05, 4.69) is 27.1 Å². The van der Waals surface area contributed by atoms with E-state index in [1.807, 2.05) is 12.5 Å². The van der Waals surface area contributed by atoms with Gasteiger partial charge in [-0.25, -0.2) is 4.98 Å². The molecule has 1 saturated carbocycles. The van der Waals surface area contributed by atoms with E-state index in [0.717, 1.165) is 25.8 Å². The predicted octanol–water partition coefficient (Wildman–Crippen LogP) is 1.75. The van der Waals surface area contributed by atoms with Crippen molar-refractivity contribution in [2.45, 2.75) is 70.1 Å². The Morgan fingerprint density at radius 1 is 1.45 bits per heavy atom. The largest absolute Gasteiger partial charge is 0.353 e. The van der Waals surface area contributed by atoms with Gasteiger partial charge in [0, 0.05) is 37.3 Å². The molecule has 0 bridgehead atoms. The number of rotatable bonds is 5. The first kappa shape index (κ1) is 13.6. The molecule has 110 valence electrons. The molecule has 3 rings (SSSR count). The molecule has 1 amide bonds. The molecule has 20 heavy (non-hydrogen) atoms. The van der Waals surface area contributed by atoms with Gasteiger partial charge in [0.2, 0.25) is 5.91 Å². The van der Waals surface area contributed by atoms with Gasteiger partial charge in [0.05, 0.1) is 12.0 Å². The second-order valence-electron chi connectivity index (χ2n) is 6.15. The van der Waals surface area contributed by atoms with E-state index in [0.29, 0.717) is 24.5 Å². The Morgan fingerprint density at radius 3 is 3.05 bits per heavy atom. The number of aromatic nitrogens is 2. The van der Waals surface area contributed by atoms with Crippen LogP contribution < -0.4 is 10.6 Å². The molecule has 1 aliphatic carbocycles. The second kappa shape index (κ2) is 5.95. The number of carbonyl (C=O) groups excluding carboxylic acids is 1. The molecule has 1 saturated heterocycles. The second-order valence-corrected chi connectivity index (χ2v) is 6.15. The summed E-state index contributed by atoms with van der Waals surface area (Å²) in [4.78, 5) is 16.0. The van der Waals surface area contributed by atoms with Crippen molar-refractivity contribution in [1.82, 2.24) is 20.2 Å². The minimum absolute atomic E-state index is 0.164. The first-order valence-electron chi connectivity index (χ1n) is 7.78. The molecule has 2 atom stereocenters. The van der Waals surface area contributed by atoms with Gasteiger partial charge in [0.1, 0.15) is 0 Å². The van der Waals surface area contributed by atoms with Crippen molar-refractivity contribution in [2.24, 2.45) is 0 Å². The summed E-state index contributed by atoms with van der Waals surface area (Å²) in [6.45, 7) is 2.95. The van der Waals surface area contributed by atoms with Gasteiger partial charge in [0.15, 0.2) is 0 Å². The SMILES string of the molecule is CC1CCCC(c2cncn2CCC(=O)NC2CC2)N1. The van der Waals surface area contributed by atoms with E-state index in [1.165, 1.54) is 18.5 Å². The highest BCUT2D eigenvalue weighted by Gasteiger charge is 2.24. The van der Waals surface area contributed by atoms with Crippen LogP contribution in [0.25, 0.3) is 0 Å². The standard InChI is InChI=1S/C15H24N4O/c1-11-3-2-4-13(17-11)14-9-16-10-19(14)8-7-15(20)18-12-5-6-12/h9-13,17H,2-8H2,1H3,(H,18,20). The number of nitrogens with zero attached hydrogens (tertiary/aromatic N) is 2. The van der Waals surface area contributed by atoms with Crippen molar-refractivity contribution in [3.63, 3.8) is 0 Å². The minimum atomic E-state index is 0.164. The summed E-state index contributed by atoms with van der Waals surface area (Å²) in [6, 6.07) is 1.40. The lowest BCUT2D eigenvalue weighted by Gasteiger charge is -2.29. The van der Waals surface area contributed by atoms with Gasteiger partial charge < -0.3 is 15.2 Å². The molecular weight excluding hydrogens is 252 g/mol. The third-order valence-corrected chi connectivity index (χ3v) is 4.24. The van der Waals surface area contributed by atoms with Crippen LogP contribution in [0, 0.1) is 0 Å². The van der Waals surface area contributed by atoms with Crippen molar-refractivity contribution in [3.05, 3.63) is 18.2 Å². The van der Waals surface area contributed by atoms with Gasteiger partial charge in [0.25, 0.3) is 0 Å². The Balaban J connectivity index is 1.56. The highest BCUT2D eigenvalue weighted by molar-refractivity contribution is 5.76. The number of carbonyl (C=O) groups is 1. The van der Waals surface area contributed by atoms with Gasteiger partial charge >= 0.3 is 0 Å². The Hall–Kier alpha value is -1.36. The molecule has 2 N–H and O–H groups in total.